The topological polar surface area (TPSA) is 120 Å². The van der Waals surface area contributed by atoms with E-state index >= 15 is 0 Å². The average molecular weight is 589 g/mol. The van der Waals surface area contributed by atoms with E-state index in [4.69, 9.17) is 14.2 Å². The Morgan fingerprint density at radius 3 is 1.79 bits per heavy atom. The Bertz CT molecular complexity index is 1370. The van der Waals surface area contributed by atoms with Crippen LogP contribution in [-0.2, 0) is 29.3 Å². The molecule has 0 atom stereocenters. The van der Waals surface area contributed by atoms with Gasteiger partial charge in [-0.2, -0.15) is 0 Å². The second-order valence-electron chi connectivity index (χ2n) is 11.6. The van der Waals surface area contributed by atoms with Gasteiger partial charge in [0.15, 0.2) is 6.61 Å². The van der Waals surface area contributed by atoms with E-state index in [-0.39, 0.29) is 36.5 Å². The van der Waals surface area contributed by atoms with Crippen molar-refractivity contribution in [3.63, 3.8) is 0 Å². The molecule has 2 N–H and O–H groups in total. The predicted molar refractivity (Wildman–Crippen MR) is 165 cm³/mol. The minimum atomic E-state index is -0.580. The average Bonchev–Trinajstić information content (AvgIpc) is 2.96. The van der Waals surface area contributed by atoms with E-state index in [0.29, 0.717) is 29.3 Å². The van der Waals surface area contributed by atoms with E-state index in [1.165, 1.54) is 5.56 Å². The van der Waals surface area contributed by atoms with E-state index < -0.39 is 24.5 Å². The van der Waals surface area contributed by atoms with Crippen molar-refractivity contribution in [2.24, 2.45) is 5.92 Å². The molecule has 3 aromatic carbocycles. The van der Waals surface area contributed by atoms with Crippen molar-refractivity contribution in [1.82, 2.24) is 0 Å². The van der Waals surface area contributed by atoms with Crippen LogP contribution in [0.5, 0.6) is 11.5 Å². The molecule has 0 fully saturated rings. The van der Waals surface area contributed by atoms with Crippen LogP contribution in [0.25, 0.3) is 0 Å². The first-order valence-corrected chi connectivity index (χ1v) is 14.3. The summed E-state index contributed by atoms with van der Waals surface area (Å²) in [6, 6.07) is 21.2. The minimum absolute atomic E-state index is 0.00529. The maximum atomic E-state index is 12.3. The van der Waals surface area contributed by atoms with Gasteiger partial charge in [-0.3, -0.25) is 14.4 Å². The molecule has 9 nitrogen and oxygen atoms in total. The number of carbonyl (C=O) groups is 4. The van der Waals surface area contributed by atoms with E-state index in [9.17, 15) is 19.2 Å². The second kappa shape index (κ2) is 15.5. The van der Waals surface area contributed by atoms with Crippen molar-refractivity contribution in [2.75, 3.05) is 23.8 Å². The van der Waals surface area contributed by atoms with E-state index in [0.717, 1.165) is 5.75 Å². The Morgan fingerprint density at radius 2 is 1.23 bits per heavy atom. The highest BCUT2D eigenvalue weighted by Crippen LogP contribution is 2.27. The second-order valence-corrected chi connectivity index (χ2v) is 11.6. The summed E-state index contributed by atoms with van der Waals surface area (Å²) in [4.78, 5) is 48.4. The highest BCUT2D eigenvalue weighted by atomic mass is 16.5. The van der Waals surface area contributed by atoms with Crippen molar-refractivity contribution in [3.05, 3.63) is 83.9 Å². The lowest BCUT2D eigenvalue weighted by molar-refractivity contribution is -0.147. The summed E-state index contributed by atoms with van der Waals surface area (Å²) in [5.41, 5.74) is 2.72. The first-order chi connectivity index (χ1) is 20.4. The van der Waals surface area contributed by atoms with Crippen LogP contribution in [0.1, 0.15) is 69.8 Å². The van der Waals surface area contributed by atoms with Crippen LogP contribution < -0.4 is 15.4 Å². The van der Waals surface area contributed by atoms with Crippen LogP contribution in [0.15, 0.2) is 72.8 Å². The molecular weight excluding hydrogens is 548 g/mol. The molecule has 228 valence electrons. The van der Waals surface area contributed by atoms with Gasteiger partial charge in [-0.1, -0.05) is 46.8 Å². The zero-order valence-corrected chi connectivity index (χ0v) is 25.4. The summed E-state index contributed by atoms with van der Waals surface area (Å²) in [5.74, 6) is -0.173. The van der Waals surface area contributed by atoms with Gasteiger partial charge in [0.05, 0.1) is 12.2 Å². The summed E-state index contributed by atoms with van der Waals surface area (Å²) in [5, 5.41) is 5.39. The van der Waals surface area contributed by atoms with Crippen molar-refractivity contribution in [2.45, 2.75) is 59.3 Å². The van der Waals surface area contributed by atoms with E-state index in [2.05, 4.69) is 31.4 Å². The highest BCUT2D eigenvalue weighted by molar-refractivity contribution is 5.94. The van der Waals surface area contributed by atoms with Crippen LogP contribution >= 0.6 is 0 Å². The van der Waals surface area contributed by atoms with E-state index in [1.807, 2.05) is 38.1 Å². The smallest absolute Gasteiger partial charge is 0.338 e. The molecule has 0 radical (unpaired) electrons. The highest BCUT2D eigenvalue weighted by Gasteiger charge is 2.14. The van der Waals surface area contributed by atoms with Gasteiger partial charge < -0.3 is 24.8 Å². The number of ether oxygens (including phenoxy) is 3. The third-order valence-corrected chi connectivity index (χ3v) is 6.20. The van der Waals surface area contributed by atoms with Crippen molar-refractivity contribution in [1.29, 1.82) is 0 Å². The molecule has 0 saturated heterocycles. The lowest BCUT2D eigenvalue weighted by atomic mass is 9.87. The van der Waals surface area contributed by atoms with Crippen molar-refractivity contribution >= 4 is 35.1 Å². The molecule has 0 heterocycles. The Kier molecular flexibility index (Phi) is 11.9. The third kappa shape index (κ3) is 11.6. The third-order valence-electron chi connectivity index (χ3n) is 6.20. The Balaban J connectivity index is 1.32. The normalized spacial score (nSPS) is 11.0. The summed E-state index contributed by atoms with van der Waals surface area (Å²) >= 11 is 0. The fraction of sp³-hybridized carbons (Fsp3) is 0.353. The first kappa shape index (κ1) is 32.8. The SMILES string of the molecule is CC(C)COC(=O)c1ccc(NC(=O)COC(=O)CCCC(=O)Nc2ccc(Oc3ccc(C(C)(C)C)cc3)cc2)cc1. The number of hydrogen-bond acceptors (Lipinski definition) is 7. The van der Waals surface area contributed by atoms with Gasteiger partial charge >= 0.3 is 11.9 Å². The molecule has 0 aliphatic rings. The quantitative estimate of drug-likeness (QED) is 0.209. The lowest BCUT2D eigenvalue weighted by Crippen LogP contribution is -2.21. The standard InChI is InChI=1S/C34H40N2O7/c1-23(2)21-42-33(40)24-9-13-26(14-10-24)36-31(38)22-41-32(39)8-6-7-30(37)35-27-15-19-29(20-16-27)43-28-17-11-25(12-18-28)34(3,4)5/h9-20,23H,6-8,21-22H2,1-5H3,(H,35,37)(H,36,38). The van der Waals surface area contributed by atoms with Crippen LogP contribution in [0.4, 0.5) is 11.4 Å². The molecule has 0 saturated carbocycles. The molecule has 0 spiro atoms. The number of carbonyl (C=O) groups excluding carboxylic acids is 4. The van der Waals surface area contributed by atoms with E-state index in [1.54, 1.807) is 48.5 Å². The van der Waals surface area contributed by atoms with Gasteiger partial charge in [0.2, 0.25) is 5.91 Å². The zero-order chi connectivity index (χ0) is 31.4. The Hall–Kier alpha value is -4.66. The zero-order valence-electron chi connectivity index (χ0n) is 25.4. The van der Waals surface area contributed by atoms with Gasteiger partial charge in [-0.25, -0.2) is 4.79 Å². The maximum Gasteiger partial charge on any atom is 0.338 e. The molecule has 0 unspecified atom stereocenters. The van der Waals surface area contributed by atoms with Crippen molar-refractivity contribution < 1.29 is 33.4 Å². The Morgan fingerprint density at radius 1 is 0.698 bits per heavy atom. The fourth-order valence-corrected chi connectivity index (χ4v) is 3.81. The summed E-state index contributed by atoms with van der Waals surface area (Å²) in [6.07, 6.45) is 0.382. The molecule has 2 amide bonds. The molecule has 9 heteroatoms. The van der Waals surface area contributed by atoms with Crippen LogP contribution in [-0.4, -0.2) is 37.0 Å². The van der Waals surface area contributed by atoms with Gasteiger partial charge in [0.1, 0.15) is 11.5 Å². The minimum Gasteiger partial charge on any atom is -0.462 e. The number of anilines is 2. The summed E-state index contributed by atoms with van der Waals surface area (Å²) in [6.45, 7) is 10.2. The largest absolute Gasteiger partial charge is 0.462 e. The number of amides is 2. The lowest BCUT2D eigenvalue weighted by Gasteiger charge is -2.19. The number of nitrogens with one attached hydrogen (secondary N) is 2. The molecule has 0 aromatic heterocycles. The molecule has 0 aliphatic heterocycles. The predicted octanol–water partition coefficient (Wildman–Crippen LogP) is 6.88. The maximum absolute atomic E-state index is 12.3. The van der Waals surface area contributed by atoms with Crippen LogP contribution in [0.3, 0.4) is 0 Å². The van der Waals surface area contributed by atoms with Gasteiger partial charge in [-0.15, -0.1) is 0 Å². The monoisotopic (exact) mass is 588 g/mol. The summed E-state index contributed by atoms with van der Waals surface area (Å²) in [7, 11) is 0. The molecule has 3 rings (SSSR count). The van der Waals surface area contributed by atoms with Crippen LogP contribution in [0, 0.1) is 5.92 Å². The van der Waals surface area contributed by atoms with Gasteiger partial charge in [0, 0.05) is 24.2 Å². The van der Waals surface area contributed by atoms with Gasteiger partial charge in [0.25, 0.3) is 5.91 Å². The fourth-order valence-electron chi connectivity index (χ4n) is 3.81. The first-order valence-electron chi connectivity index (χ1n) is 14.3. The molecule has 0 aliphatic carbocycles. The van der Waals surface area contributed by atoms with Gasteiger partial charge in [-0.05, 0) is 84.0 Å². The van der Waals surface area contributed by atoms with Crippen molar-refractivity contribution in [3.8, 4) is 11.5 Å². The number of rotatable bonds is 13. The summed E-state index contributed by atoms with van der Waals surface area (Å²) < 4.78 is 16.1. The number of hydrogen-bond donors (Lipinski definition) is 2. The van der Waals surface area contributed by atoms with Crippen LogP contribution in [0.2, 0.25) is 0 Å². The molecule has 43 heavy (non-hydrogen) atoms. The molecular formula is C34H40N2O7. The number of esters is 2. The number of benzene rings is 3. The molecule has 3 aromatic rings. The Labute approximate surface area is 252 Å². The molecule has 0 bridgehead atoms.